The highest BCUT2D eigenvalue weighted by Gasteiger charge is 2.19. The normalized spacial score (nSPS) is 10.9. The van der Waals surface area contributed by atoms with Crippen LogP contribution < -0.4 is 0 Å². The fourth-order valence-corrected chi connectivity index (χ4v) is 3.57. The van der Waals surface area contributed by atoms with Crippen molar-refractivity contribution in [2.24, 2.45) is 0 Å². The monoisotopic (exact) mass is 391 g/mol. The van der Waals surface area contributed by atoms with Crippen LogP contribution >= 0.6 is 11.8 Å². The minimum absolute atomic E-state index is 0.0171. The van der Waals surface area contributed by atoms with Gasteiger partial charge in [-0.2, -0.15) is 0 Å². The van der Waals surface area contributed by atoms with Crippen molar-refractivity contribution >= 4 is 16.9 Å². The number of nitrogens with zero attached hydrogens (tertiary/aromatic N) is 3. The van der Waals surface area contributed by atoms with E-state index in [0.717, 1.165) is 28.6 Å². The van der Waals surface area contributed by atoms with Crippen LogP contribution in [0.15, 0.2) is 82.6 Å². The lowest BCUT2D eigenvalue weighted by atomic mass is 10.2. The number of benzene rings is 2. The first-order chi connectivity index (χ1) is 13.7. The zero-order valence-corrected chi connectivity index (χ0v) is 15.7. The molecule has 0 unspecified atom stereocenters. The molecule has 0 radical (unpaired) electrons. The van der Waals surface area contributed by atoms with E-state index in [1.54, 1.807) is 30.5 Å². The van der Waals surface area contributed by atoms with Crippen molar-refractivity contribution in [2.75, 3.05) is 0 Å². The Morgan fingerprint density at radius 1 is 1.00 bits per heavy atom. The quantitative estimate of drug-likeness (QED) is 0.497. The maximum atomic E-state index is 12.6. The smallest absolute Gasteiger partial charge is 0.201 e. The number of rotatable bonds is 6. The zero-order chi connectivity index (χ0) is 19.3. The highest BCUT2D eigenvalue weighted by molar-refractivity contribution is 8.13. The van der Waals surface area contributed by atoms with Gasteiger partial charge in [0.05, 0.1) is 12.8 Å². The van der Waals surface area contributed by atoms with E-state index < -0.39 is 0 Å². The molecular weight excluding hydrogens is 374 g/mol. The summed E-state index contributed by atoms with van der Waals surface area (Å²) in [6.45, 7) is 0.400. The van der Waals surface area contributed by atoms with Crippen LogP contribution in [-0.4, -0.2) is 25.0 Å². The van der Waals surface area contributed by atoms with E-state index in [4.69, 9.17) is 4.42 Å². The van der Waals surface area contributed by atoms with Gasteiger partial charge in [-0.1, -0.05) is 30.3 Å². The van der Waals surface area contributed by atoms with Gasteiger partial charge in [0.1, 0.15) is 11.5 Å². The lowest BCUT2D eigenvalue weighted by molar-refractivity contribution is -0.110. The maximum Gasteiger partial charge on any atom is 0.201 e. The fourth-order valence-electron chi connectivity index (χ4n) is 2.79. The van der Waals surface area contributed by atoms with Crippen LogP contribution in [-0.2, 0) is 17.8 Å². The number of carbonyl (C=O) groups is 1. The summed E-state index contributed by atoms with van der Waals surface area (Å²) in [7, 11) is 0. The summed E-state index contributed by atoms with van der Waals surface area (Å²) in [5.74, 6) is 1.51. The summed E-state index contributed by atoms with van der Waals surface area (Å²) in [5, 5.41) is 18.5. The van der Waals surface area contributed by atoms with Crippen LogP contribution in [0.3, 0.4) is 0 Å². The van der Waals surface area contributed by atoms with E-state index in [1.807, 2.05) is 47.0 Å². The van der Waals surface area contributed by atoms with E-state index in [2.05, 4.69) is 10.2 Å². The van der Waals surface area contributed by atoms with Gasteiger partial charge in [-0.05, 0) is 53.7 Å². The first-order valence-corrected chi connectivity index (χ1v) is 9.50. The van der Waals surface area contributed by atoms with E-state index >= 15 is 0 Å². The number of phenols is 1. The van der Waals surface area contributed by atoms with Gasteiger partial charge in [-0.15, -0.1) is 10.2 Å². The molecule has 0 atom stereocenters. The molecule has 0 spiro atoms. The Morgan fingerprint density at radius 3 is 2.50 bits per heavy atom. The molecule has 0 amide bonds. The molecular formula is C21H17N3O3S. The topological polar surface area (TPSA) is 81.1 Å². The molecule has 0 bridgehead atoms. The third-order valence-electron chi connectivity index (χ3n) is 4.13. The van der Waals surface area contributed by atoms with Crippen molar-refractivity contribution in [3.63, 3.8) is 0 Å². The molecule has 2 aromatic carbocycles. The van der Waals surface area contributed by atoms with Crippen molar-refractivity contribution in [2.45, 2.75) is 18.1 Å². The van der Waals surface area contributed by atoms with Gasteiger partial charge in [0.2, 0.25) is 5.12 Å². The Morgan fingerprint density at radius 2 is 1.79 bits per heavy atom. The highest BCUT2D eigenvalue weighted by atomic mass is 32.2. The predicted molar refractivity (Wildman–Crippen MR) is 106 cm³/mol. The maximum absolute atomic E-state index is 12.6. The summed E-state index contributed by atoms with van der Waals surface area (Å²) < 4.78 is 7.31. The van der Waals surface area contributed by atoms with E-state index in [1.165, 1.54) is 0 Å². The van der Waals surface area contributed by atoms with Crippen LogP contribution in [0, 0.1) is 0 Å². The molecule has 140 valence electrons. The second kappa shape index (κ2) is 8.14. The van der Waals surface area contributed by atoms with Gasteiger partial charge in [0, 0.05) is 12.0 Å². The number of hydrogen-bond donors (Lipinski definition) is 1. The summed E-state index contributed by atoms with van der Waals surface area (Å²) in [5.41, 5.74) is 1.75. The van der Waals surface area contributed by atoms with Crippen molar-refractivity contribution in [3.05, 3.63) is 84.3 Å². The molecule has 7 heteroatoms. The minimum Gasteiger partial charge on any atom is -0.508 e. The molecule has 1 N–H and O–H groups in total. The summed E-state index contributed by atoms with van der Waals surface area (Å²) in [4.78, 5) is 12.6. The zero-order valence-electron chi connectivity index (χ0n) is 14.9. The van der Waals surface area contributed by atoms with Gasteiger partial charge in [0.25, 0.3) is 0 Å². The van der Waals surface area contributed by atoms with E-state index in [-0.39, 0.29) is 10.9 Å². The van der Waals surface area contributed by atoms with Crippen molar-refractivity contribution in [1.29, 1.82) is 0 Å². The van der Waals surface area contributed by atoms with E-state index in [9.17, 15) is 9.90 Å². The molecule has 0 aliphatic heterocycles. The summed E-state index contributed by atoms with van der Waals surface area (Å²) in [6.07, 6.45) is 1.92. The molecule has 2 heterocycles. The van der Waals surface area contributed by atoms with Crippen LogP contribution in [0.4, 0.5) is 0 Å². The van der Waals surface area contributed by atoms with Crippen LogP contribution in [0.5, 0.6) is 5.75 Å². The van der Waals surface area contributed by atoms with Crippen molar-refractivity contribution in [1.82, 2.24) is 14.8 Å². The van der Waals surface area contributed by atoms with Gasteiger partial charge >= 0.3 is 0 Å². The van der Waals surface area contributed by atoms with Gasteiger partial charge < -0.3 is 9.52 Å². The second-order valence-corrected chi connectivity index (χ2v) is 7.18. The largest absolute Gasteiger partial charge is 0.508 e. The molecule has 0 aliphatic carbocycles. The van der Waals surface area contributed by atoms with Crippen LogP contribution in [0.25, 0.3) is 11.4 Å². The van der Waals surface area contributed by atoms with Gasteiger partial charge in [0.15, 0.2) is 11.0 Å². The summed E-state index contributed by atoms with van der Waals surface area (Å²) in [6, 6.07) is 20.0. The Labute approximate surface area is 165 Å². The third-order valence-corrected chi connectivity index (χ3v) is 4.99. The van der Waals surface area contributed by atoms with Crippen molar-refractivity contribution < 1.29 is 14.3 Å². The molecule has 28 heavy (non-hydrogen) atoms. The molecule has 0 aliphatic rings. The molecule has 2 aromatic heterocycles. The lowest BCUT2D eigenvalue weighted by Gasteiger charge is -2.08. The Bertz CT molecular complexity index is 1060. The third kappa shape index (κ3) is 4.15. The first kappa shape index (κ1) is 18.1. The van der Waals surface area contributed by atoms with Crippen LogP contribution in [0.2, 0.25) is 0 Å². The lowest BCUT2D eigenvalue weighted by Crippen LogP contribution is -2.06. The molecule has 0 saturated heterocycles. The predicted octanol–water partition coefficient (Wildman–Crippen LogP) is 4.15. The van der Waals surface area contributed by atoms with Gasteiger partial charge in [-0.25, -0.2) is 0 Å². The SMILES string of the molecule is O=C(Cc1ccccc1)Sc1nnc(-c2ccc(O)cc2)n1Cc1ccco1. The number of aromatic hydroxyl groups is 1. The fraction of sp³-hybridized carbons (Fsp3) is 0.0952. The number of carbonyl (C=O) groups excluding carboxylic acids is 1. The Balaban J connectivity index is 1.62. The van der Waals surface area contributed by atoms with Gasteiger partial charge in [-0.3, -0.25) is 9.36 Å². The van der Waals surface area contributed by atoms with Crippen LogP contribution in [0.1, 0.15) is 11.3 Å². The number of phenolic OH excluding ortho intramolecular Hbond substituents is 1. The number of furan rings is 1. The Kier molecular flexibility index (Phi) is 5.25. The molecule has 4 aromatic rings. The first-order valence-electron chi connectivity index (χ1n) is 8.68. The number of hydrogen-bond acceptors (Lipinski definition) is 6. The average Bonchev–Trinajstić information content (AvgIpc) is 3.34. The Hall–Kier alpha value is -3.32. The molecule has 4 rings (SSSR count). The van der Waals surface area contributed by atoms with E-state index in [0.29, 0.717) is 23.9 Å². The molecule has 0 fully saturated rings. The number of thioether (sulfide) groups is 1. The highest BCUT2D eigenvalue weighted by Crippen LogP contribution is 2.27. The minimum atomic E-state index is -0.0171. The van der Waals surface area contributed by atoms with Crippen molar-refractivity contribution in [3.8, 4) is 17.1 Å². The second-order valence-electron chi connectivity index (χ2n) is 6.16. The average molecular weight is 391 g/mol. The standard InChI is InChI=1S/C21H17N3O3S/c25-17-10-8-16(9-11-17)20-22-23-21(24(20)14-18-7-4-12-27-18)28-19(26)13-15-5-2-1-3-6-15/h1-12,25H,13-14H2. The molecule has 6 nitrogen and oxygen atoms in total. The number of aromatic nitrogens is 3. The summed E-state index contributed by atoms with van der Waals surface area (Å²) >= 11 is 1.06. The molecule has 0 saturated carbocycles.